The minimum atomic E-state index is -0.562. The molecule has 2 fully saturated rings. The van der Waals surface area contributed by atoms with Crippen LogP contribution < -0.4 is 20.5 Å². The fraction of sp³-hybridized carbons (Fsp3) is 0.360. The molecule has 172 valence electrons. The van der Waals surface area contributed by atoms with Crippen LogP contribution in [0.4, 0.5) is 5.69 Å². The number of carbonyl (C=O) groups is 1. The molecule has 8 nitrogen and oxygen atoms in total. The number of amides is 1. The molecule has 0 bridgehead atoms. The monoisotopic (exact) mass is 447 g/mol. The molecule has 0 radical (unpaired) electrons. The van der Waals surface area contributed by atoms with Crippen LogP contribution in [0.25, 0.3) is 0 Å². The Morgan fingerprint density at radius 2 is 1.61 bits per heavy atom. The van der Waals surface area contributed by atoms with E-state index in [1.165, 1.54) is 7.11 Å². The Morgan fingerprint density at radius 1 is 0.970 bits per heavy atom. The predicted octanol–water partition coefficient (Wildman–Crippen LogP) is 2.24. The minimum Gasteiger partial charge on any atom is -0.490 e. The molecule has 2 aliphatic heterocycles. The summed E-state index contributed by atoms with van der Waals surface area (Å²) < 4.78 is 7.26. The van der Waals surface area contributed by atoms with E-state index in [9.17, 15) is 9.59 Å². The minimum absolute atomic E-state index is 0.0916. The number of carbonyl (C=O) groups excluding carboxylic acids is 1. The van der Waals surface area contributed by atoms with Crippen LogP contribution in [-0.4, -0.2) is 53.0 Å². The van der Waals surface area contributed by atoms with Gasteiger partial charge in [0.25, 0.3) is 0 Å². The van der Waals surface area contributed by atoms with E-state index in [2.05, 4.69) is 44.5 Å². The third-order valence-electron chi connectivity index (χ3n) is 7.04. The molecular formula is C25H29N5O3. The Morgan fingerprint density at radius 3 is 2.24 bits per heavy atom. The molecule has 1 spiro atoms. The Bertz CT molecular complexity index is 1180. The van der Waals surface area contributed by atoms with Gasteiger partial charge in [-0.25, -0.2) is 0 Å². The van der Waals surface area contributed by atoms with Gasteiger partial charge in [0.2, 0.25) is 11.7 Å². The number of nitrogens with one attached hydrogen (secondary N) is 2. The molecule has 1 unspecified atom stereocenters. The number of para-hydroxylation sites is 1. The van der Waals surface area contributed by atoms with E-state index >= 15 is 0 Å². The normalized spacial score (nSPS) is 19.0. The maximum Gasteiger partial charge on any atom is 0.306 e. The van der Waals surface area contributed by atoms with Crippen LogP contribution in [0.2, 0.25) is 0 Å². The number of aromatic amines is 1. The number of piperidine rings is 1. The number of rotatable bonds is 5. The fourth-order valence-corrected chi connectivity index (χ4v) is 5.40. The van der Waals surface area contributed by atoms with E-state index in [1.807, 2.05) is 43.4 Å². The van der Waals surface area contributed by atoms with E-state index in [0.717, 1.165) is 16.9 Å². The summed E-state index contributed by atoms with van der Waals surface area (Å²) >= 11 is 0. The number of H-pyrrole nitrogens is 1. The van der Waals surface area contributed by atoms with Crippen molar-refractivity contribution in [1.29, 1.82) is 0 Å². The highest BCUT2D eigenvalue weighted by molar-refractivity contribution is 5.93. The molecule has 1 aromatic heterocycles. The van der Waals surface area contributed by atoms with Crippen molar-refractivity contribution in [2.45, 2.75) is 24.4 Å². The smallest absolute Gasteiger partial charge is 0.306 e. The first-order valence-corrected chi connectivity index (χ1v) is 11.3. The van der Waals surface area contributed by atoms with Gasteiger partial charge in [0.05, 0.1) is 19.8 Å². The van der Waals surface area contributed by atoms with Crippen LogP contribution in [-0.2, 0) is 11.8 Å². The van der Waals surface area contributed by atoms with E-state index in [4.69, 9.17) is 4.74 Å². The Hall–Kier alpha value is -3.52. The topological polar surface area (TPSA) is 82.6 Å². The van der Waals surface area contributed by atoms with Crippen LogP contribution in [0.3, 0.4) is 0 Å². The Labute approximate surface area is 192 Å². The molecule has 0 aliphatic carbocycles. The van der Waals surface area contributed by atoms with E-state index in [0.29, 0.717) is 38.3 Å². The number of anilines is 1. The summed E-state index contributed by atoms with van der Waals surface area (Å²) in [5, 5.41) is 5.90. The van der Waals surface area contributed by atoms with Gasteiger partial charge in [-0.2, -0.15) is 0 Å². The van der Waals surface area contributed by atoms with E-state index in [1.54, 1.807) is 4.68 Å². The number of ether oxygens (including phenoxy) is 1. The van der Waals surface area contributed by atoms with Crippen molar-refractivity contribution in [2.75, 3.05) is 31.8 Å². The summed E-state index contributed by atoms with van der Waals surface area (Å²) in [6.07, 6.45) is 1.38. The predicted molar refractivity (Wildman–Crippen MR) is 126 cm³/mol. The van der Waals surface area contributed by atoms with E-state index < -0.39 is 5.54 Å². The molecule has 2 N–H and O–H groups in total. The Balaban J connectivity index is 1.49. The van der Waals surface area contributed by atoms with Crippen molar-refractivity contribution in [1.82, 2.24) is 20.0 Å². The standard InChI is InChI=1S/C25H29N5O3/c1-28-21(22(33-2)23(31)27-28)20(18-9-5-3-6-10-18)29-15-13-25(14-16-29)24(32)26-17-30(25)19-11-7-4-8-12-19/h3-12,20H,13-17H2,1-2H3,(H,26,32)(H,27,31). The van der Waals surface area contributed by atoms with Crippen molar-refractivity contribution in [3.05, 3.63) is 82.3 Å². The number of likely N-dealkylation sites (tertiary alicyclic amines) is 1. The fourth-order valence-electron chi connectivity index (χ4n) is 5.40. The summed E-state index contributed by atoms with van der Waals surface area (Å²) in [6.45, 7) is 1.93. The summed E-state index contributed by atoms with van der Waals surface area (Å²) in [5.41, 5.74) is 2.12. The lowest BCUT2D eigenvalue weighted by Crippen LogP contribution is -2.57. The largest absolute Gasteiger partial charge is 0.490 e. The molecule has 1 amide bonds. The van der Waals surface area contributed by atoms with Crippen molar-refractivity contribution in [2.24, 2.45) is 7.05 Å². The summed E-state index contributed by atoms with van der Waals surface area (Å²) in [7, 11) is 3.37. The quantitative estimate of drug-likeness (QED) is 0.627. The Kier molecular flexibility index (Phi) is 5.46. The van der Waals surface area contributed by atoms with Gasteiger partial charge in [-0.1, -0.05) is 48.5 Å². The summed E-state index contributed by atoms with van der Waals surface area (Å²) in [4.78, 5) is 30.1. The van der Waals surface area contributed by atoms with E-state index in [-0.39, 0.29) is 17.5 Å². The molecular weight excluding hydrogens is 418 g/mol. The summed E-state index contributed by atoms with van der Waals surface area (Å²) in [5.74, 6) is 0.421. The van der Waals surface area contributed by atoms with Gasteiger partial charge in [0.15, 0.2) is 0 Å². The van der Waals surface area contributed by atoms with Crippen molar-refractivity contribution in [3.8, 4) is 5.75 Å². The number of benzene rings is 2. The van der Waals surface area contributed by atoms with Gasteiger partial charge in [0, 0.05) is 25.8 Å². The van der Waals surface area contributed by atoms with Gasteiger partial charge in [-0.15, -0.1) is 0 Å². The second-order valence-corrected chi connectivity index (χ2v) is 8.73. The number of hydrogen-bond donors (Lipinski definition) is 2. The average Bonchev–Trinajstić information content (AvgIpc) is 3.31. The molecule has 0 saturated carbocycles. The first kappa shape index (κ1) is 21.3. The lowest BCUT2D eigenvalue weighted by Gasteiger charge is -2.45. The first-order valence-electron chi connectivity index (χ1n) is 11.3. The number of methoxy groups -OCH3 is 1. The maximum atomic E-state index is 13.1. The highest BCUT2D eigenvalue weighted by Gasteiger charge is 2.51. The zero-order valence-electron chi connectivity index (χ0n) is 19.0. The molecule has 2 aliphatic rings. The molecule has 2 aromatic carbocycles. The molecule has 3 aromatic rings. The van der Waals surface area contributed by atoms with Gasteiger partial charge in [0.1, 0.15) is 11.2 Å². The number of aryl methyl sites for hydroxylation is 1. The van der Waals surface area contributed by atoms with Crippen LogP contribution in [0, 0.1) is 0 Å². The van der Waals surface area contributed by atoms with Crippen LogP contribution >= 0.6 is 0 Å². The van der Waals surface area contributed by atoms with Crippen LogP contribution in [0.5, 0.6) is 5.75 Å². The lowest BCUT2D eigenvalue weighted by atomic mass is 9.84. The maximum absolute atomic E-state index is 13.1. The third-order valence-corrected chi connectivity index (χ3v) is 7.04. The van der Waals surface area contributed by atoms with Crippen LogP contribution in [0.15, 0.2) is 65.5 Å². The van der Waals surface area contributed by atoms with Gasteiger partial charge in [-0.3, -0.25) is 24.3 Å². The molecule has 33 heavy (non-hydrogen) atoms. The van der Waals surface area contributed by atoms with Gasteiger partial charge >= 0.3 is 5.56 Å². The van der Waals surface area contributed by atoms with Crippen molar-refractivity contribution < 1.29 is 9.53 Å². The van der Waals surface area contributed by atoms with Crippen LogP contribution in [0.1, 0.15) is 30.1 Å². The molecule has 2 saturated heterocycles. The second-order valence-electron chi connectivity index (χ2n) is 8.73. The zero-order valence-corrected chi connectivity index (χ0v) is 19.0. The SMILES string of the molecule is COc1c(C(c2ccccc2)N2CCC3(CC2)C(=O)NCN3c2ccccc2)n(C)[nH]c1=O. The first-order chi connectivity index (χ1) is 16.0. The number of aromatic nitrogens is 2. The highest BCUT2D eigenvalue weighted by atomic mass is 16.5. The van der Waals surface area contributed by atoms with Crippen molar-refractivity contribution >= 4 is 11.6 Å². The third kappa shape index (κ3) is 3.51. The average molecular weight is 448 g/mol. The molecule has 5 rings (SSSR count). The summed E-state index contributed by atoms with van der Waals surface area (Å²) in [6, 6.07) is 20.1. The number of hydrogen-bond acceptors (Lipinski definition) is 5. The number of nitrogens with zero attached hydrogens (tertiary/aromatic N) is 3. The van der Waals surface area contributed by atoms with Gasteiger partial charge in [-0.05, 0) is 30.5 Å². The molecule has 1 atom stereocenters. The van der Waals surface area contributed by atoms with Gasteiger partial charge < -0.3 is 15.0 Å². The second kappa shape index (κ2) is 8.44. The van der Waals surface area contributed by atoms with Crippen molar-refractivity contribution in [3.63, 3.8) is 0 Å². The zero-order chi connectivity index (χ0) is 23.0. The molecule has 8 heteroatoms. The lowest BCUT2D eigenvalue weighted by molar-refractivity contribution is -0.125. The molecule has 3 heterocycles. The highest BCUT2D eigenvalue weighted by Crippen LogP contribution is 2.40.